The lowest BCUT2D eigenvalue weighted by molar-refractivity contribution is -0.140. The van der Waals surface area contributed by atoms with Gasteiger partial charge in [0.2, 0.25) is 0 Å². The normalized spacial score (nSPS) is 12.4. The summed E-state index contributed by atoms with van der Waals surface area (Å²) in [5.41, 5.74) is 0. The SMILES string of the molecule is CCC(CC)N(CCO)S(=O)(=O)N(C)CCC(=O)OC. The summed E-state index contributed by atoms with van der Waals surface area (Å²) >= 11 is 0. The molecule has 0 aromatic rings. The summed E-state index contributed by atoms with van der Waals surface area (Å²) in [6, 6.07) is -0.160. The molecule has 0 saturated carbocycles. The Labute approximate surface area is 121 Å². The molecule has 0 aliphatic rings. The Kier molecular flexibility index (Phi) is 8.95. The molecule has 0 aromatic heterocycles. The molecule has 0 rings (SSSR count). The molecule has 0 saturated heterocycles. The maximum absolute atomic E-state index is 12.5. The topological polar surface area (TPSA) is 87.2 Å². The fourth-order valence-corrected chi connectivity index (χ4v) is 3.59. The minimum atomic E-state index is -3.69. The first-order valence-corrected chi connectivity index (χ1v) is 8.15. The van der Waals surface area contributed by atoms with E-state index in [1.54, 1.807) is 0 Å². The van der Waals surface area contributed by atoms with Crippen LogP contribution in [0.3, 0.4) is 0 Å². The first-order valence-electron chi connectivity index (χ1n) is 6.75. The number of rotatable bonds is 10. The van der Waals surface area contributed by atoms with Gasteiger partial charge in [-0.3, -0.25) is 4.79 Å². The third kappa shape index (κ3) is 5.35. The first kappa shape index (κ1) is 19.3. The molecule has 120 valence electrons. The summed E-state index contributed by atoms with van der Waals surface area (Å²) in [7, 11) is -1.01. The van der Waals surface area contributed by atoms with Crippen molar-refractivity contribution >= 4 is 16.2 Å². The fourth-order valence-electron chi connectivity index (χ4n) is 1.93. The summed E-state index contributed by atoms with van der Waals surface area (Å²) in [6.45, 7) is 3.68. The average Bonchev–Trinajstić information content (AvgIpc) is 2.44. The number of carbonyl (C=O) groups excluding carboxylic acids is 1. The van der Waals surface area contributed by atoms with Gasteiger partial charge >= 0.3 is 5.97 Å². The molecule has 0 amide bonds. The predicted octanol–water partition coefficient (Wildman–Crippen LogP) is 0.209. The lowest BCUT2D eigenvalue weighted by Crippen LogP contribution is -2.48. The molecule has 20 heavy (non-hydrogen) atoms. The van der Waals surface area contributed by atoms with E-state index in [4.69, 9.17) is 5.11 Å². The summed E-state index contributed by atoms with van der Waals surface area (Å²) < 4.78 is 31.9. The Morgan fingerprint density at radius 2 is 1.80 bits per heavy atom. The molecule has 0 aliphatic heterocycles. The van der Waals surface area contributed by atoms with Gasteiger partial charge in [0.25, 0.3) is 10.2 Å². The van der Waals surface area contributed by atoms with E-state index in [-0.39, 0.29) is 32.2 Å². The molecule has 0 aromatic carbocycles. The van der Waals surface area contributed by atoms with Crippen LogP contribution in [0.15, 0.2) is 0 Å². The van der Waals surface area contributed by atoms with E-state index in [0.717, 1.165) is 4.31 Å². The van der Waals surface area contributed by atoms with Gasteiger partial charge in [0.15, 0.2) is 0 Å². The smallest absolute Gasteiger partial charge is 0.306 e. The molecule has 0 unspecified atom stereocenters. The van der Waals surface area contributed by atoms with Crippen LogP contribution < -0.4 is 0 Å². The van der Waals surface area contributed by atoms with Gasteiger partial charge in [0.1, 0.15) is 0 Å². The first-order chi connectivity index (χ1) is 9.34. The minimum absolute atomic E-state index is 0.00209. The van der Waals surface area contributed by atoms with Crippen molar-refractivity contribution in [3.8, 4) is 0 Å². The monoisotopic (exact) mass is 310 g/mol. The molecule has 0 fully saturated rings. The molecule has 0 heterocycles. The quantitative estimate of drug-likeness (QED) is 0.583. The van der Waals surface area contributed by atoms with E-state index in [2.05, 4.69) is 4.74 Å². The molecule has 0 atom stereocenters. The van der Waals surface area contributed by atoms with E-state index in [0.29, 0.717) is 12.8 Å². The Bertz CT molecular complexity index is 381. The third-order valence-electron chi connectivity index (χ3n) is 3.22. The van der Waals surface area contributed by atoms with Crippen molar-refractivity contribution in [3.63, 3.8) is 0 Å². The largest absolute Gasteiger partial charge is 0.469 e. The molecule has 7 nitrogen and oxygen atoms in total. The lowest BCUT2D eigenvalue weighted by Gasteiger charge is -2.32. The Morgan fingerprint density at radius 3 is 2.20 bits per heavy atom. The van der Waals surface area contributed by atoms with Gasteiger partial charge in [-0.25, -0.2) is 0 Å². The summed E-state index contributed by atoms with van der Waals surface area (Å²) in [4.78, 5) is 11.1. The molecule has 8 heteroatoms. The zero-order valence-electron chi connectivity index (χ0n) is 12.7. The van der Waals surface area contributed by atoms with Crippen molar-refractivity contribution in [1.29, 1.82) is 0 Å². The highest BCUT2D eigenvalue weighted by atomic mass is 32.2. The van der Waals surface area contributed by atoms with Crippen molar-refractivity contribution in [2.45, 2.75) is 39.2 Å². The highest BCUT2D eigenvalue weighted by molar-refractivity contribution is 7.86. The number of hydrogen-bond acceptors (Lipinski definition) is 5. The van der Waals surface area contributed by atoms with E-state index in [1.807, 2.05) is 13.8 Å². The third-order valence-corrected chi connectivity index (χ3v) is 5.26. The molecule has 0 aliphatic carbocycles. The predicted molar refractivity (Wildman–Crippen MR) is 76.3 cm³/mol. The number of carbonyl (C=O) groups is 1. The van der Waals surface area contributed by atoms with Crippen LogP contribution in [0, 0.1) is 0 Å². The van der Waals surface area contributed by atoms with Crippen LogP contribution in [-0.2, 0) is 19.7 Å². The molecule has 0 bridgehead atoms. The highest BCUT2D eigenvalue weighted by Gasteiger charge is 2.31. The molecular formula is C12H26N2O5S. The van der Waals surface area contributed by atoms with Gasteiger partial charge in [-0.15, -0.1) is 0 Å². The summed E-state index contributed by atoms with van der Waals surface area (Å²) in [6.07, 6.45) is 1.34. The lowest BCUT2D eigenvalue weighted by atomic mass is 10.2. The average molecular weight is 310 g/mol. The van der Waals surface area contributed by atoms with Crippen LogP contribution >= 0.6 is 0 Å². The standard InChI is InChI=1S/C12H26N2O5S/c1-5-11(6-2)14(9-10-15)20(17,18)13(3)8-7-12(16)19-4/h11,15H,5-10H2,1-4H3. The van der Waals surface area contributed by atoms with Crippen molar-refractivity contribution in [3.05, 3.63) is 0 Å². The number of aliphatic hydroxyl groups is 1. The van der Waals surface area contributed by atoms with Crippen LogP contribution in [0.1, 0.15) is 33.1 Å². The van der Waals surface area contributed by atoms with Crippen LogP contribution in [0.2, 0.25) is 0 Å². The van der Waals surface area contributed by atoms with E-state index in [1.165, 1.54) is 18.5 Å². The second kappa shape index (κ2) is 9.28. The van der Waals surface area contributed by atoms with Gasteiger partial charge in [-0.05, 0) is 12.8 Å². The number of hydrogen-bond donors (Lipinski definition) is 1. The Balaban J connectivity index is 4.97. The zero-order chi connectivity index (χ0) is 15.8. The van der Waals surface area contributed by atoms with Gasteiger partial charge in [0.05, 0.1) is 20.1 Å². The molecule has 1 N–H and O–H groups in total. The molecule has 0 radical (unpaired) electrons. The van der Waals surface area contributed by atoms with Gasteiger partial charge in [0, 0.05) is 26.2 Å². The number of nitrogens with zero attached hydrogens (tertiary/aromatic N) is 2. The molecule has 0 spiro atoms. The van der Waals surface area contributed by atoms with Crippen molar-refractivity contribution in [2.24, 2.45) is 0 Å². The highest BCUT2D eigenvalue weighted by Crippen LogP contribution is 2.16. The maximum Gasteiger partial charge on any atom is 0.306 e. The van der Waals surface area contributed by atoms with E-state index < -0.39 is 16.2 Å². The second-order valence-corrected chi connectivity index (χ2v) is 6.45. The number of aliphatic hydroxyl groups excluding tert-OH is 1. The van der Waals surface area contributed by atoms with Crippen molar-refractivity contribution in [2.75, 3.05) is 33.9 Å². The number of esters is 1. The van der Waals surface area contributed by atoms with Crippen molar-refractivity contribution in [1.82, 2.24) is 8.61 Å². The second-order valence-electron chi connectivity index (χ2n) is 4.46. The summed E-state index contributed by atoms with van der Waals surface area (Å²) in [5.74, 6) is -0.455. The number of methoxy groups -OCH3 is 1. The van der Waals surface area contributed by atoms with E-state index >= 15 is 0 Å². The van der Waals surface area contributed by atoms with Gasteiger partial charge < -0.3 is 9.84 Å². The Hall–Kier alpha value is -0.700. The van der Waals surface area contributed by atoms with Gasteiger partial charge in [-0.1, -0.05) is 13.8 Å². The van der Waals surface area contributed by atoms with E-state index in [9.17, 15) is 13.2 Å². The maximum atomic E-state index is 12.5. The van der Waals surface area contributed by atoms with Crippen LogP contribution in [0.4, 0.5) is 0 Å². The fraction of sp³-hybridized carbons (Fsp3) is 0.917. The van der Waals surface area contributed by atoms with Gasteiger partial charge in [-0.2, -0.15) is 17.0 Å². The Morgan fingerprint density at radius 1 is 1.25 bits per heavy atom. The summed E-state index contributed by atoms with van der Waals surface area (Å²) in [5, 5.41) is 9.08. The van der Waals surface area contributed by atoms with Crippen LogP contribution in [-0.4, -0.2) is 68.0 Å². The number of ether oxygens (including phenoxy) is 1. The van der Waals surface area contributed by atoms with Crippen molar-refractivity contribution < 1.29 is 23.1 Å². The van der Waals surface area contributed by atoms with Crippen LogP contribution in [0.25, 0.3) is 0 Å². The minimum Gasteiger partial charge on any atom is -0.469 e. The zero-order valence-corrected chi connectivity index (χ0v) is 13.5. The molecular weight excluding hydrogens is 284 g/mol. The van der Waals surface area contributed by atoms with Crippen LogP contribution in [0.5, 0.6) is 0 Å².